The van der Waals surface area contributed by atoms with Crippen LogP contribution in [0.1, 0.15) is 38.7 Å². The number of benzene rings is 1. The van der Waals surface area contributed by atoms with E-state index >= 15 is 0 Å². The van der Waals surface area contributed by atoms with Crippen molar-refractivity contribution in [2.75, 3.05) is 0 Å². The van der Waals surface area contributed by atoms with E-state index in [1.165, 1.54) is 24.3 Å². The molecule has 1 unspecified atom stereocenters. The van der Waals surface area contributed by atoms with E-state index in [0.717, 1.165) is 11.5 Å². The first-order valence-corrected chi connectivity index (χ1v) is 10.4. The molecule has 27 heavy (non-hydrogen) atoms. The molecule has 0 radical (unpaired) electrons. The molecule has 3 heterocycles. The van der Waals surface area contributed by atoms with Crippen LogP contribution in [0.4, 0.5) is 4.39 Å². The number of halogens is 1. The van der Waals surface area contributed by atoms with E-state index in [1.54, 1.807) is 0 Å². The maximum atomic E-state index is 13.3. The number of imidazole rings is 1. The summed E-state index contributed by atoms with van der Waals surface area (Å²) in [5.74, 6) is 0.546. The van der Waals surface area contributed by atoms with Gasteiger partial charge in [0.1, 0.15) is 17.2 Å². The number of nitrogens with one attached hydrogen (secondary N) is 1. The van der Waals surface area contributed by atoms with Crippen LogP contribution in [0.5, 0.6) is 0 Å². The maximum Gasteiger partial charge on any atom is 0.274 e. The number of aromatic nitrogens is 2. The fourth-order valence-corrected chi connectivity index (χ4v) is 4.53. The van der Waals surface area contributed by atoms with Gasteiger partial charge in [0, 0.05) is 42.1 Å². The van der Waals surface area contributed by atoms with Crippen molar-refractivity contribution >= 4 is 21.0 Å². The Morgan fingerprint density at radius 2 is 2.07 bits per heavy atom. The minimum Gasteiger partial charge on any atom is -0.443 e. The number of aryl methyl sites for hydroxylation is 1. The molecular weight excluding hydrogens is 369 g/mol. The summed E-state index contributed by atoms with van der Waals surface area (Å²) in [6, 6.07) is 5.02. The van der Waals surface area contributed by atoms with Gasteiger partial charge in [-0.05, 0) is 24.6 Å². The number of hydrogen-bond acceptors (Lipinski definition) is 4. The highest BCUT2D eigenvalue weighted by Crippen LogP contribution is 2.26. The van der Waals surface area contributed by atoms with Crippen LogP contribution in [-0.4, -0.2) is 24.0 Å². The third kappa shape index (κ3) is 3.51. The molecule has 4 rings (SSSR count). The average Bonchev–Trinajstić information content (AvgIpc) is 3.17. The fraction of sp³-hybridized carbons (Fsp3) is 0.421. The Labute approximate surface area is 157 Å². The van der Waals surface area contributed by atoms with Crippen LogP contribution in [0.25, 0.3) is 11.0 Å². The predicted molar refractivity (Wildman–Crippen MR) is 99.5 cm³/mol. The zero-order valence-electron chi connectivity index (χ0n) is 15.5. The maximum absolute atomic E-state index is 13.3. The van der Waals surface area contributed by atoms with Gasteiger partial charge in [-0.3, -0.25) is 0 Å². The third-order valence-corrected chi connectivity index (χ3v) is 6.18. The Morgan fingerprint density at radius 3 is 2.81 bits per heavy atom. The van der Waals surface area contributed by atoms with Gasteiger partial charge in [-0.1, -0.05) is 20.8 Å². The van der Waals surface area contributed by atoms with Crippen molar-refractivity contribution in [3.8, 4) is 0 Å². The smallest absolute Gasteiger partial charge is 0.274 e. The van der Waals surface area contributed by atoms with Gasteiger partial charge >= 0.3 is 0 Å². The normalized spacial score (nSPS) is 18.0. The molecule has 0 aliphatic carbocycles. The SMILES string of the molecule is CC(C)(C)c1cn2c(n1)CCC(NS(=O)(=O)c1cc3cc(F)ccc3o1)C2. The lowest BCUT2D eigenvalue weighted by molar-refractivity contribution is 0.411. The van der Waals surface area contributed by atoms with Gasteiger partial charge in [-0.15, -0.1) is 0 Å². The largest absolute Gasteiger partial charge is 0.443 e. The van der Waals surface area contributed by atoms with E-state index in [1.807, 2.05) is 10.8 Å². The number of rotatable bonds is 3. The fourth-order valence-electron chi connectivity index (χ4n) is 3.30. The molecule has 0 saturated heterocycles. The van der Waals surface area contributed by atoms with Crippen LogP contribution >= 0.6 is 0 Å². The molecule has 8 heteroatoms. The molecule has 0 saturated carbocycles. The van der Waals surface area contributed by atoms with Crippen LogP contribution in [0.3, 0.4) is 0 Å². The zero-order valence-corrected chi connectivity index (χ0v) is 16.3. The molecule has 3 aromatic rings. The average molecular weight is 391 g/mol. The van der Waals surface area contributed by atoms with Crippen LogP contribution in [0.2, 0.25) is 0 Å². The molecule has 6 nitrogen and oxygen atoms in total. The minimum absolute atomic E-state index is 0.0527. The summed E-state index contributed by atoms with van der Waals surface area (Å²) in [5.41, 5.74) is 1.29. The molecule has 1 N–H and O–H groups in total. The summed E-state index contributed by atoms with van der Waals surface area (Å²) >= 11 is 0. The lowest BCUT2D eigenvalue weighted by atomic mass is 9.93. The van der Waals surface area contributed by atoms with Crippen LogP contribution in [-0.2, 0) is 28.4 Å². The van der Waals surface area contributed by atoms with E-state index < -0.39 is 15.8 Å². The molecule has 0 bridgehead atoms. The summed E-state index contributed by atoms with van der Waals surface area (Å²) in [6.45, 7) is 6.83. The number of fused-ring (bicyclic) bond motifs is 2. The molecule has 144 valence electrons. The molecule has 0 fully saturated rings. The van der Waals surface area contributed by atoms with Crippen molar-refractivity contribution in [2.24, 2.45) is 0 Å². The van der Waals surface area contributed by atoms with Gasteiger partial charge in [0.25, 0.3) is 10.0 Å². The van der Waals surface area contributed by atoms with Crippen molar-refractivity contribution in [2.45, 2.75) is 56.7 Å². The first kappa shape index (κ1) is 18.2. The Bertz CT molecular complexity index is 1110. The van der Waals surface area contributed by atoms with Crippen LogP contribution in [0, 0.1) is 5.82 Å². The second-order valence-corrected chi connectivity index (χ2v) is 9.69. The second kappa shape index (κ2) is 6.17. The first-order chi connectivity index (χ1) is 12.6. The molecular formula is C19H22FN3O3S. The summed E-state index contributed by atoms with van der Waals surface area (Å²) in [7, 11) is -3.83. The second-order valence-electron chi connectivity index (χ2n) is 8.05. The number of nitrogens with zero attached hydrogens (tertiary/aromatic N) is 2. The highest BCUT2D eigenvalue weighted by atomic mass is 32.2. The van der Waals surface area contributed by atoms with E-state index in [0.29, 0.717) is 30.4 Å². The number of furan rings is 1. The molecule has 2 aromatic heterocycles. The summed E-state index contributed by atoms with van der Waals surface area (Å²) < 4.78 is 48.9. The van der Waals surface area contributed by atoms with E-state index in [9.17, 15) is 12.8 Å². The Kier molecular flexibility index (Phi) is 4.16. The zero-order chi connectivity index (χ0) is 19.4. The monoisotopic (exact) mass is 391 g/mol. The molecule has 0 amide bonds. The quantitative estimate of drug-likeness (QED) is 0.743. The van der Waals surface area contributed by atoms with E-state index in [-0.39, 0.29) is 16.5 Å². The van der Waals surface area contributed by atoms with E-state index in [4.69, 9.17) is 4.42 Å². The Morgan fingerprint density at radius 1 is 1.30 bits per heavy atom. The van der Waals surface area contributed by atoms with Gasteiger partial charge in [0.2, 0.25) is 5.09 Å². The van der Waals surface area contributed by atoms with Gasteiger partial charge in [-0.2, -0.15) is 0 Å². The number of sulfonamides is 1. The Balaban J connectivity index is 1.55. The van der Waals surface area contributed by atoms with Gasteiger partial charge in [-0.25, -0.2) is 22.5 Å². The highest BCUT2D eigenvalue weighted by molar-refractivity contribution is 7.89. The molecule has 1 aliphatic rings. The van der Waals surface area contributed by atoms with Crippen LogP contribution in [0.15, 0.2) is 40.0 Å². The van der Waals surface area contributed by atoms with Crippen molar-refractivity contribution in [3.05, 3.63) is 47.8 Å². The lowest BCUT2D eigenvalue weighted by Crippen LogP contribution is -2.40. The summed E-state index contributed by atoms with van der Waals surface area (Å²) in [5, 5.41) is 0.223. The molecule has 1 aliphatic heterocycles. The lowest BCUT2D eigenvalue weighted by Gasteiger charge is -2.24. The van der Waals surface area contributed by atoms with Crippen molar-refractivity contribution in [1.29, 1.82) is 0 Å². The summed E-state index contributed by atoms with van der Waals surface area (Å²) in [6.07, 6.45) is 3.36. The first-order valence-electron chi connectivity index (χ1n) is 8.90. The van der Waals surface area contributed by atoms with Crippen molar-refractivity contribution < 1.29 is 17.2 Å². The molecule has 0 spiro atoms. The van der Waals surface area contributed by atoms with Crippen molar-refractivity contribution in [1.82, 2.24) is 14.3 Å². The van der Waals surface area contributed by atoms with E-state index in [2.05, 4.69) is 30.5 Å². The number of hydrogen-bond donors (Lipinski definition) is 1. The molecule has 1 atom stereocenters. The van der Waals surface area contributed by atoms with Crippen molar-refractivity contribution in [3.63, 3.8) is 0 Å². The standard InChI is InChI=1S/C19H22FN3O3S/c1-19(2,3)16-11-23-10-14(5-7-17(23)21-16)22-27(24,25)18-9-12-8-13(20)4-6-15(12)26-18/h4,6,8-9,11,14,22H,5,7,10H2,1-3H3. The topological polar surface area (TPSA) is 77.1 Å². The van der Waals surface area contributed by atoms with Crippen LogP contribution < -0.4 is 4.72 Å². The highest BCUT2D eigenvalue weighted by Gasteiger charge is 2.29. The van der Waals surface area contributed by atoms with Gasteiger partial charge in [0.05, 0.1) is 5.69 Å². The summed E-state index contributed by atoms with van der Waals surface area (Å²) in [4.78, 5) is 4.68. The Hall–Kier alpha value is -2.19. The minimum atomic E-state index is -3.83. The van der Waals surface area contributed by atoms with Gasteiger partial charge in [0.15, 0.2) is 0 Å². The predicted octanol–water partition coefficient (Wildman–Crippen LogP) is 3.36. The third-order valence-electron chi connectivity index (χ3n) is 4.80. The van der Waals surface area contributed by atoms with Gasteiger partial charge < -0.3 is 8.98 Å². The molecule has 1 aromatic carbocycles.